The quantitative estimate of drug-likeness (QED) is 0.617. The van der Waals surface area contributed by atoms with Crippen LogP contribution in [0.1, 0.15) is 34.5 Å². The zero-order chi connectivity index (χ0) is 8.72. The molecule has 1 N–H and O–H groups in total. The maximum absolute atomic E-state index is 11.3. The molecule has 1 unspecified atom stereocenters. The van der Waals surface area contributed by atoms with Crippen LogP contribution in [0.5, 0.6) is 0 Å². The number of rotatable bonds is 0. The van der Waals surface area contributed by atoms with Crippen molar-refractivity contribution in [2.45, 2.75) is 19.9 Å². The standard InChI is InChI=1S/C10H11NO/c1-6-3-4-8-9(5-6)7(2)11-10(8)12/h3-5,7H,1-2H3,(H,11,12). The molecule has 1 heterocycles. The van der Waals surface area contributed by atoms with E-state index in [-0.39, 0.29) is 11.9 Å². The van der Waals surface area contributed by atoms with Crippen molar-refractivity contribution in [3.05, 3.63) is 34.9 Å². The van der Waals surface area contributed by atoms with Gasteiger partial charge in [0, 0.05) is 5.56 Å². The Bertz CT molecular complexity index is 344. The number of fused-ring (bicyclic) bond motifs is 1. The molecule has 0 fully saturated rings. The molecule has 12 heavy (non-hydrogen) atoms. The first kappa shape index (κ1) is 7.35. The second-order valence-corrected chi connectivity index (χ2v) is 3.29. The van der Waals surface area contributed by atoms with E-state index in [1.54, 1.807) is 0 Å². The fourth-order valence-electron chi connectivity index (χ4n) is 1.60. The number of carbonyl (C=O) groups is 1. The van der Waals surface area contributed by atoms with E-state index in [1.807, 2.05) is 26.0 Å². The van der Waals surface area contributed by atoms with Crippen molar-refractivity contribution in [1.29, 1.82) is 0 Å². The van der Waals surface area contributed by atoms with E-state index < -0.39 is 0 Å². The summed E-state index contributed by atoms with van der Waals surface area (Å²) in [6.07, 6.45) is 0. The van der Waals surface area contributed by atoms with Crippen molar-refractivity contribution in [2.24, 2.45) is 0 Å². The normalized spacial score (nSPS) is 20.5. The molecule has 0 radical (unpaired) electrons. The van der Waals surface area contributed by atoms with Gasteiger partial charge in [0.05, 0.1) is 6.04 Å². The summed E-state index contributed by atoms with van der Waals surface area (Å²) in [7, 11) is 0. The predicted molar refractivity (Wildman–Crippen MR) is 47.1 cm³/mol. The Hall–Kier alpha value is -1.31. The highest BCUT2D eigenvalue weighted by molar-refractivity contribution is 5.99. The minimum absolute atomic E-state index is 0.0532. The van der Waals surface area contributed by atoms with Crippen LogP contribution < -0.4 is 5.32 Å². The lowest BCUT2D eigenvalue weighted by atomic mass is 10.0. The minimum atomic E-state index is 0.0532. The fourth-order valence-corrected chi connectivity index (χ4v) is 1.60. The van der Waals surface area contributed by atoms with Gasteiger partial charge in [0.2, 0.25) is 0 Å². The number of carbonyl (C=O) groups excluding carboxylic acids is 1. The molecule has 1 amide bonds. The summed E-state index contributed by atoms with van der Waals surface area (Å²) in [5, 5.41) is 2.87. The number of hydrogen-bond acceptors (Lipinski definition) is 1. The topological polar surface area (TPSA) is 29.1 Å². The molecule has 0 aliphatic carbocycles. The summed E-state index contributed by atoms with van der Waals surface area (Å²) in [5.74, 6) is 0.0532. The molecule has 2 rings (SSSR count). The first-order valence-electron chi connectivity index (χ1n) is 4.10. The van der Waals surface area contributed by atoms with Crippen LogP contribution in [0.3, 0.4) is 0 Å². The highest BCUT2D eigenvalue weighted by atomic mass is 16.2. The van der Waals surface area contributed by atoms with Gasteiger partial charge in [-0.25, -0.2) is 0 Å². The van der Waals surface area contributed by atoms with Crippen LogP contribution in [0.25, 0.3) is 0 Å². The molecule has 0 spiro atoms. The molecule has 2 nitrogen and oxygen atoms in total. The first-order valence-corrected chi connectivity index (χ1v) is 4.10. The molecule has 1 aliphatic heterocycles. The van der Waals surface area contributed by atoms with E-state index in [0.29, 0.717) is 0 Å². The minimum Gasteiger partial charge on any atom is -0.345 e. The van der Waals surface area contributed by atoms with Crippen molar-refractivity contribution in [1.82, 2.24) is 5.32 Å². The van der Waals surface area contributed by atoms with Crippen LogP contribution in [0, 0.1) is 6.92 Å². The Kier molecular flexibility index (Phi) is 1.43. The molecule has 0 saturated carbocycles. The van der Waals surface area contributed by atoms with Crippen molar-refractivity contribution in [3.8, 4) is 0 Å². The summed E-state index contributed by atoms with van der Waals surface area (Å²) in [4.78, 5) is 11.3. The fraction of sp³-hybridized carbons (Fsp3) is 0.300. The number of benzene rings is 1. The van der Waals surface area contributed by atoms with Crippen molar-refractivity contribution >= 4 is 5.91 Å². The average Bonchev–Trinajstić information content (AvgIpc) is 2.28. The number of nitrogens with one attached hydrogen (secondary N) is 1. The SMILES string of the molecule is Cc1ccc2c(c1)C(C)NC2=O. The Balaban J connectivity index is 2.60. The highest BCUT2D eigenvalue weighted by Crippen LogP contribution is 2.25. The van der Waals surface area contributed by atoms with Crippen LogP contribution in [0.15, 0.2) is 18.2 Å². The largest absolute Gasteiger partial charge is 0.345 e. The average molecular weight is 161 g/mol. The van der Waals surface area contributed by atoms with Crippen LogP contribution in [0.4, 0.5) is 0 Å². The Labute approximate surface area is 71.6 Å². The van der Waals surface area contributed by atoms with E-state index in [4.69, 9.17) is 0 Å². The second-order valence-electron chi connectivity index (χ2n) is 3.29. The molecule has 2 heteroatoms. The number of amides is 1. The summed E-state index contributed by atoms with van der Waals surface area (Å²) in [6, 6.07) is 6.10. The molecule has 1 aliphatic rings. The molecule has 0 bridgehead atoms. The lowest BCUT2D eigenvalue weighted by molar-refractivity contribution is 0.0958. The third-order valence-electron chi connectivity index (χ3n) is 2.27. The van der Waals surface area contributed by atoms with E-state index in [2.05, 4.69) is 11.4 Å². The predicted octanol–water partition coefficient (Wildman–Crippen LogP) is 1.80. The van der Waals surface area contributed by atoms with Gasteiger partial charge >= 0.3 is 0 Å². The van der Waals surface area contributed by atoms with Crippen LogP contribution in [-0.4, -0.2) is 5.91 Å². The van der Waals surface area contributed by atoms with E-state index >= 15 is 0 Å². The first-order chi connectivity index (χ1) is 5.68. The Morgan fingerprint density at radius 3 is 2.92 bits per heavy atom. The second kappa shape index (κ2) is 2.34. The van der Waals surface area contributed by atoms with Gasteiger partial charge in [-0.05, 0) is 25.5 Å². The van der Waals surface area contributed by atoms with Gasteiger partial charge in [0.25, 0.3) is 5.91 Å². The van der Waals surface area contributed by atoms with Gasteiger partial charge in [-0.1, -0.05) is 17.7 Å². The molecular formula is C10H11NO. The molecule has 1 atom stereocenters. The zero-order valence-corrected chi connectivity index (χ0v) is 7.22. The van der Waals surface area contributed by atoms with E-state index in [9.17, 15) is 4.79 Å². The molecule has 1 aromatic rings. The van der Waals surface area contributed by atoms with Gasteiger partial charge < -0.3 is 5.32 Å². The van der Waals surface area contributed by atoms with Gasteiger partial charge in [0.15, 0.2) is 0 Å². The molecule has 62 valence electrons. The lowest BCUT2D eigenvalue weighted by Crippen LogP contribution is -2.16. The van der Waals surface area contributed by atoms with Gasteiger partial charge in [0.1, 0.15) is 0 Å². The van der Waals surface area contributed by atoms with Gasteiger partial charge in [-0.3, -0.25) is 4.79 Å². The van der Waals surface area contributed by atoms with Crippen LogP contribution >= 0.6 is 0 Å². The van der Waals surface area contributed by atoms with E-state index in [0.717, 1.165) is 11.1 Å². The Morgan fingerprint density at radius 2 is 2.17 bits per heavy atom. The van der Waals surface area contributed by atoms with Gasteiger partial charge in [-0.15, -0.1) is 0 Å². The molecule has 1 aromatic carbocycles. The zero-order valence-electron chi connectivity index (χ0n) is 7.22. The number of aryl methyl sites for hydroxylation is 1. The smallest absolute Gasteiger partial charge is 0.252 e. The lowest BCUT2D eigenvalue weighted by Gasteiger charge is -2.03. The molecule has 0 aromatic heterocycles. The third kappa shape index (κ3) is 0.916. The maximum atomic E-state index is 11.3. The number of hydrogen-bond donors (Lipinski definition) is 1. The van der Waals surface area contributed by atoms with E-state index in [1.165, 1.54) is 5.56 Å². The highest BCUT2D eigenvalue weighted by Gasteiger charge is 2.24. The van der Waals surface area contributed by atoms with Crippen molar-refractivity contribution < 1.29 is 4.79 Å². The van der Waals surface area contributed by atoms with Crippen molar-refractivity contribution in [3.63, 3.8) is 0 Å². The summed E-state index contributed by atoms with van der Waals surface area (Å²) >= 11 is 0. The summed E-state index contributed by atoms with van der Waals surface area (Å²) < 4.78 is 0. The summed E-state index contributed by atoms with van der Waals surface area (Å²) in [5.41, 5.74) is 3.16. The molecule has 0 saturated heterocycles. The van der Waals surface area contributed by atoms with Crippen LogP contribution in [-0.2, 0) is 0 Å². The third-order valence-corrected chi connectivity index (χ3v) is 2.27. The molecular weight excluding hydrogens is 150 g/mol. The monoisotopic (exact) mass is 161 g/mol. The van der Waals surface area contributed by atoms with Gasteiger partial charge in [-0.2, -0.15) is 0 Å². The van der Waals surface area contributed by atoms with Crippen LogP contribution in [0.2, 0.25) is 0 Å². The summed E-state index contributed by atoms with van der Waals surface area (Å²) in [6.45, 7) is 4.04. The van der Waals surface area contributed by atoms with Crippen molar-refractivity contribution in [2.75, 3.05) is 0 Å². The maximum Gasteiger partial charge on any atom is 0.252 e. The Morgan fingerprint density at radius 1 is 1.42 bits per heavy atom.